The maximum Gasteiger partial charge on any atom is 0.410 e. The number of piperidine rings is 2. The first kappa shape index (κ1) is 33.3. The number of carbonyl (C=O) groups excluding carboxylic acids is 3. The van der Waals surface area contributed by atoms with Crippen LogP contribution in [0.3, 0.4) is 0 Å². The maximum atomic E-state index is 13.4. The van der Waals surface area contributed by atoms with Crippen LogP contribution in [0.15, 0.2) is 53.3 Å². The van der Waals surface area contributed by atoms with Crippen molar-refractivity contribution in [2.45, 2.75) is 77.0 Å². The van der Waals surface area contributed by atoms with Crippen LogP contribution < -0.4 is 5.32 Å². The highest BCUT2D eigenvalue weighted by molar-refractivity contribution is 5.91. The van der Waals surface area contributed by atoms with Gasteiger partial charge in [-0.25, -0.2) is 14.4 Å². The van der Waals surface area contributed by atoms with Crippen LogP contribution in [-0.2, 0) is 27.2 Å². The molecule has 248 valence electrons. The Kier molecular flexibility index (Phi) is 10.7. The van der Waals surface area contributed by atoms with Crippen LogP contribution in [0, 0.1) is 13.8 Å². The van der Waals surface area contributed by atoms with Gasteiger partial charge < -0.3 is 35.0 Å². The summed E-state index contributed by atoms with van der Waals surface area (Å²) in [4.78, 5) is 60.0. The van der Waals surface area contributed by atoms with Crippen LogP contribution in [0.5, 0.6) is 5.75 Å². The number of rotatable bonds is 7. The highest BCUT2D eigenvalue weighted by Gasteiger charge is 2.33. The molecule has 0 aliphatic carbocycles. The summed E-state index contributed by atoms with van der Waals surface area (Å²) >= 11 is 0. The number of aliphatic carboxylic acids is 1. The van der Waals surface area contributed by atoms with Crippen LogP contribution in [-0.4, -0.2) is 99.2 Å². The molecule has 3 aliphatic rings. The molecule has 12 nitrogen and oxygen atoms in total. The van der Waals surface area contributed by atoms with Gasteiger partial charge in [0.2, 0.25) is 0 Å². The average Bonchev–Trinajstić information content (AvgIpc) is 3.23. The number of nitrogens with one attached hydrogen (secondary N) is 1. The predicted octanol–water partition coefficient (Wildman–Crippen LogP) is 4.42. The first-order valence-corrected chi connectivity index (χ1v) is 16.1. The van der Waals surface area contributed by atoms with Crippen molar-refractivity contribution in [2.24, 2.45) is 4.99 Å². The van der Waals surface area contributed by atoms with Gasteiger partial charge in [0.25, 0.3) is 5.91 Å². The Morgan fingerprint density at radius 3 is 2.51 bits per heavy atom. The van der Waals surface area contributed by atoms with Crippen molar-refractivity contribution in [3.05, 3.63) is 70.6 Å². The van der Waals surface area contributed by atoms with E-state index in [9.17, 15) is 29.4 Å². The lowest BCUT2D eigenvalue weighted by Gasteiger charge is -2.37. The van der Waals surface area contributed by atoms with E-state index in [1.54, 1.807) is 30.9 Å². The van der Waals surface area contributed by atoms with Crippen LogP contribution in [0.25, 0.3) is 0 Å². The van der Waals surface area contributed by atoms with E-state index in [2.05, 4.69) is 21.9 Å². The molecule has 0 saturated carbocycles. The van der Waals surface area contributed by atoms with Gasteiger partial charge in [-0.15, -0.1) is 0 Å². The van der Waals surface area contributed by atoms with Gasteiger partial charge in [0, 0.05) is 50.2 Å². The molecule has 0 spiro atoms. The lowest BCUT2D eigenvalue weighted by atomic mass is 10.0. The van der Waals surface area contributed by atoms with Crippen LogP contribution >= 0.6 is 0 Å². The number of para-hydroxylation sites is 1. The summed E-state index contributed by atoms with van der Waals surface area (Å²) in [5.41, 5.74) is 6.50. The summed E-state index contributed by atoms with van der Waals surface area (Å²) in [6, 6.07) is 10.3. The fraction of sp³-hybridized carbons (Fsp3) is 0.457. The molecule has 47 heavy (non-hydrogen) atoms. The topological polar surface area (TPSA) is 152 Å². The number of likely N-dealkylation sites (tertiary alicyclic amines) is 2. The number of urea groups is 1. The number of amides is 4. The van der Waals surface area contributed by atoms with Crippen molar-refractivity contribution in [1.29, 1.82) is 0 Å². The smallest absolute Gasteiger partial charge is 0.410 e. The van der Waals surface area contributed by atoms with Gasteiger partial charge in [0.15, 0.2) is 6.10 Å². The third-order valence-corrected chi connectivity index (χ3v) is 9.09. The highest BCUT2D eigenvalue weighted by Crippen LogP contribution is 2.26. The Morgan fingerprint density at radius 1 is 1.06 bits per heavy atom. The van der Waals surface area contributed by atoms with Gasteiger partial charge in [0.05, 0.1) is 6.20 Å². The molecule has 0 unspecified atom stereocenters. The summed E-state index contributed by atoms with van der Waals surface area (Å²) in [5, 5.41) is 22.7. The number of hydrogen-bond donors (Lipinski definition) is 3. The van der Waals surface area contributed by atoms with Crippen LogP contribution in [0.2, 0.25) is 0 Å². The zero-order valence-electron chi connectivity index (χ0n) is 26.8. The number of carbonyl (C=O) groups is 4. The fourth-order valence-electron chi connectivity index (χ4n) is 6.50. The van der Waals surface area contributed by atoms with Crippen molar-refractivity contribution in [3.8, 4) is 5.75 Å². The number of hydrogen-bond acceptors (Lipinski definition) is 7. The van der Waals surface area contributed by atoms with Crippen molar-refractivity contribution in [2.75, 3.05) is 31.5 Å². The number of fused-ring (bicyclic) bond motifs is 1. The van der Waals surface area contributed by atoms with Gasteiger partial charge >= 0.3 is 18.1 Å². The highest BCUT2D eigenvalue weighted by atomic mass is 16.6. The lowest BCUT2D eigenvalue weighted by molar-refractivity contribution is -0.143. The third-order valence-electron chi connectivity index (χ3n) is 9.09. The molecule has 3 N–H and O–H groups in total. The standard InChI is InChI=1S/C35H41N5O7/c1-23-20-25(21-24(2)31(23)41)22-30(32(42)36-14-7-16-38-15-6-5-10-29(38)33(43)44)47-35(46)39-17-12-27(13-18-39)40-19-11-26-8-3-4-9-28(26)37-34(40)45/h3-4,8-9,16,20-21,27,29-30,41H,5-6,10-13,15,17-19,22H2,1-2H3,(H,37,45)(H,43,44)/t29-,30-/m1/s1. The third kappa shape index (κ3) is 8.22. The number of ether oxygens (including phenoxy) is 1. The van der Waals surface area contributed by atoms with E-state index >= 15 is 0 Å². The Bertz CT molecular complexity index is 1600. The molecule has 5 rings (SSSR count). The van der Waals surface area contributed by atoms with Crippen LogP contribution in [0.4, 0.5) is 15.3 Å². The normalized spacial score (nSPS) is 18.9. The number of aryl methyl sites for hydroxylation is 2. The molecule has 2 aromatic rings. The molecule has 0 radical (unpaired) electrons. The number of aromatic hydroxyl groups is 1. The Labute approximate surface area is 274 Å². The van der Waals surface area contributed by atoms with E-state index in [-0.39, 0.29) is 24.2 Å². The van der Waals surface area contributed by atoms with Gasteiger partial charge in [-0.2, -0.15) is 4.99 Å². The SMILES string of the molecule is Cc1cc(C[C@@H](OC(=O)N2CCC(N3CCc4ccccc4NC3=O)CC2)C(=O)N=C=C=CN2CCCC[C@@H]2C(=O)O)cc(C)c1O. The molecule has 12 heteroatoms. The number of carboxylic acids is 1. The summed E-state index contributed by atoms with van der Waals surface area (Å²) in [7, 11) is 0. The molecule has 3 heterocycles. The minimum atomic E-state index is -1.27. The molecule has 2 saturated heterocycles. The lowest BCUT2D eigenvalue weighted by Crippen LogP contribution is -2.50. The summed E-state index contributed by atoms with van der Waals surface area (Å²) in [5.74, 6) is 0.934. The maximum absolute atomic E-state index is 13.4. The molecule has 2 atom stereocenters. The monoisotopic (exact) mass is 643 g/mol. The van der Waals surface area contributed by atoms with E-state index in [1.165, 1.54) is 11.1 Å². The minimum Gasteiger partial charge on any atom is -0.507 e. The number of phenols is 1. The first-order valence-electron chi connectivity index (χ1n) is 16.1. The zero-order chi connectivity index (χ0) is 33.5. The molecule has 0 aromatic heterocycles. The van der Waals surface area contributed by atoms with Gasteiger partial charge in [-0.05, 0) is 86.4 Å². The molecular weight excluding hydrogens is 602 g/mol. The number of aliphatic imine (C=N–C) groups is 1. The summed E-state index contributed by atoms with van der Waals surface area (Å²) < 4.78 is 5.75. The van der Waals surface area contributed by atoms with E-state index in [0.29, 0.717) is 62.1 Å². The number of benzene rings is 2. The van der Waals surface area contributed by atoms with E-state index in [4.69, 9.17) is 4.74 Å². The van der Waals surface area contributed by atoms with Crippen molar-refractivity contribution in [1.82, 2.24) is 14.7 Å². The molecule has 3 aliphatic heterocycles. The fourth-order valence-corrected chi connectivity index (χ4v) is 6.50. The van der Waals surface area contributed by atoms with Crippen molar-refractivity contribution < 1.29 is 34.1 Å². The number of anilines is 1. The second-order valence-corrected chi connectivity index (χ2v) is 12.3. The quantitative estimate of drug-likeness (QED) is 0.296. The molecule has 2 aromatic carbocycles. The Morgan fingerprint density at radius 2 is 1.79 bits per heavy atom. The largest absolute Gasteiger partial charge is 0.507 e. The van der Waals surface area contributed by atoms with Gasteiger partial charge in [0.1, 0.15) is 11.8 Å². The van der Waals surface area contributed by atoms with Gasteiger partial charge in [-0.1, -0.05) is 30.3 Å². The second kappa shape index (κ2) is 15.0. The number of phenolic OH excluding ortho intramolecular Hbond substituents is 1. The molecule has 0 bridgehead atoms. The molecule has 4 amide bonds. The predicted molar refractivity (Wildman–Crippen MR) is 175 cm³/mol. The summed E-state index contributed by atoms with van der Waals surface area (Å²) in [6.07, 6.45) is 3.59. The van der Waals surface area contributed by atoms with Crippen molar-refractivity contribution >= 4 is 35.6 Å². The average molecular weight is 644 g/mol. The Hall–Kier alpha value is -5.05. The van der Waals surface area contributed by atoms with E-state index in [1.807, 2.05) is 29.2 Å². The van der Waals surface area contributed by atoms with Gasteiger partial charge in [-0.3, -0.25) is 4.79 Å². The zero-order valence-corrected chi connectivity index (χ0v) is 26.8. The van der Waals surface area contributed by atoms with Crippen molar-refractivity contribution in [3.63, 3.8) is 0 Å². The van der Waals surface area contributed by atoms with E-state index < -0.39 is 30.1 Å². The second-order valence-electron chi connectivity index (χ2n) is 12.3. The Balaban J connectivity index is 1.25. The van der Waals surface area contributed by atoms with Crippen LogP contribution in [0.1, 0.15) is 54.4 Å². The van der Waals surface area contributed by atoms with E-state index in [0.717, 1.165) is 30.5 Å². The molecular formula is C35H41N5O7. The first-order chi connectivity index (χ1) is 22.6. The minimum absolute atomic E-state index is 0.0274. The number of nitrogens with zero attached hydrogens (tertiary/aromatic N) is 4. The summed E-state index contributed by atoms with van der Waals surface area (Å²) in [6.45, 7) is 5.33. The molecule has 2 fully saturated rings. The number of carboxylic acid groups (broad SMARTS) is 1.